The summed E-state index contributed by atoms with van der Waals surface area (Å²) in [4.78, 5) is 12.6. The van der Waals surface area contributed by atoms with Gasteiger partial charge in [0.2, 0.25) is 0 Å². The number of esters is 1. The zero-order valence-corrected chi connectivity index (χ0v) is 16.5. The molecule has 4 nitrogen and oxygen atoms in total. The van der Waals surface area contributed by atoms with Gasteiger partial charge >= 0.3 is 5.97 Å². The first kappa shape index (κ1) is 19.2. The van der Waals surface area contributed by atoms with Crippen LogP contribution in [-0.4, -0.2) is 19.6 Å². The molecule has 0 saturated carbocycles. The van der Waals surface area contributed by atoms with E-state index in [-0.39, 0.29) is 18.0 Å². The van der Waals surface area contributed by atoms with Crippen molar-refractivity contribution < 1.29 is 14.3 Å². The lowest BCUT2D eigenvalue weighted by atomic mass is 9.90. The van der Waals surface area contributed by atoms with Gasteiger partial charge in [-0.2, -0.15) is 0 Å². The van der Waals surface area contributed by atoms with Gasteiger partial charge in [-0.15, -0.1) is 0 Å². The number of hydrogen-bond donors (Lipinski definition) is 1. The SMILES string of the molecule is CNCCC(Oc1ccc2c(c1)OC(=O)C(c1ccccc1)C2)c1ccccc1. The zero-order chi connectivity index (χ0) is 20.1. The van der Waals surface area contributed by atoms with Gasteiger partial charge in [-0.25, -0.2) is 0 Å². The van der Waals surface area contributed by atoms with Crippen LogP contribution in [0.2, 0.25) is 0 Å². The molecule has 0 fully saturated rings. The summed E-state index contributed by atoms with van der Waals surface area (Å²) in [5.41, 5.74) is 3.14. The molecule has 0 saturated heterocycles. The van der Waals surface area contributed by atoms with Gasteiger partial charge in [0.25, 0.3) is 0 Å². The molecular weight excluding hydrogens is 362 g/mol. The normalized spacial score (nSPS) is 16.6. The minimum atomic E-state index is -0.261. The standard InChI is InChI=1S/C25H25NO3/c1-26-15-14-23(19-10-6-3-7-11-19)28-21-13-12-20-16-22(18-8-4-2-5-9-18)25(27)29-24(20)17-21/h2-13,17,22-23,26H,14-16H2,1H3. The molecule has 1 N–H and O–H groups in total. The Morgan fingerprint density at radius 1 is 1.03 bits per heavy atom. The van der Waals surface area contributed by atoms with Crippen LogP contribution in [0.25, 0.3) is 0 Å². The molecule has 0 spiro atoms. The summed E-state index contributed by atoms with van der Waals surface area (Å²) in [6.45, 7) is 0.845. The highest BCUT2D eigenvalue weighted by Crippen LogP contribution is 2.37. The van der Waals surface area contributed by atoms with Gasteiger partial charge in [0.05, 0.1) is 5.92 Å². The van der Waals surface area contributed by atoms with Crippen LogP contribution in [0.5, 0.6) is 11.5 Å². The summed E-state index contributed by atoms with van der Waals surface area (Å²) in [5.74, 6) is 0.832. The van der Waals surface area contributed by atoms with Crippen molar-refractivity contribution in [3.05, 3.63) is 95.6 Å². The van der Waals surface area contributed by atoms with Gasteiger partial charge in [0.1, 0.15) is 17.6 Å². The Morgan fingerprint density at radius 3 is 2.48 bits per heavy atom. The Bertz CT molecular complexity index is 956. The quantitative estimate of drug-likeness (QED) is 0.473. The van der Waals surface area contributed by atoms with E-state index in [0.29, 0.717) is 17.9 Å². The smallest absolute Gasteiger partial charge is 0.319 e. The minimum Gasteiger partial charge on any atom is -0.486 e. The van der Waals surface area contributed by atoms with Gasteiger partial charge in [-0.05, 0) is 42.8 Å². The summed E-state index contributed by atoms with van der Waals surface area (Å²) < 4.78 is 12.0. The third-order valence-corrected chi connectivity index (χ3v) is 5.27. The lowest BCUT2D eigenvalue weighted by Gasteiger charge is -2.25. The van der Waals surface area contributed by atoms with Crippen molar-refractivity contribution >= 4 is 5.97 Å². The van der Waals surface area contributed by atoms with Crippen LogP contribution in [-0.2, 0) is 11.2 Å². The highest BCUT2D eigenvalue weighted by atomic mass is 16.5. The largest absolute Gasteiger partial charge is 0.486 e. The predicted molar refractivity (Wildman–Crippen MR) is 113 cm³/mol. The average molecular weight is 387 g/mol. The molecule has 0 aromatic heterocycles. The molecule has 0 amide bonds. The van der Waals surface area contributed by atoms with E-state index < -0.39 is 0 Å². The molecule has 2 atom stereocenters. The van der Waals surface area contributed by atoms with Crippen LogP contribution >= 0.6 is 0 Å². The second-order valence-electron chi connectivity index (χ2n) is 7.27. The Labute approximate surface area is 171 Å². The first-order chi connectivity index (χ1) is 14.2. The maximum Gasteiger partial charge on any atom is 0.319 e. The third-order valence-electron chi connectivity index (χ3n) is 5.27. The molecule has 1 heterocycles. The summed E-state index contributed by atoms with van der Waals surface area (Å²) in [7, 11) is 1.93. The predicted octanol–water partition coefficient (Wildman–Crippen LogP) is 4.66. The topological polar surface area (TPSA) is 47.6 Å². The second-order valence-corrected chi connectivity index (χ2v) is 7.27. The van der Waals surface area contributed by atoms with Crippen molar-refractivity contribution in [2.24, 2.45) is 0 Å². The van der Waals surface area contributed by atoms with E-state index in [0.717, 1.165) is 29.7 Å². The summed E-state index contributed by atoms with van der Waals surface area (Å²) in [6, 6.07) is 25.8. The number of benzene rings is 3. The fourth-order valence-corrected chi connectivity index (χ4v) is 3.69. The molecular formula is C25H25NO3. The van der Waals surface area contributed by atoms with E-state index in [4.69, 9.17) is 9.47 Å². The lowest BCUT2D eigenvalue weighted by molar-refractivity contribution is -0.137. The van der Waals surface area contributed by atoms with Gasteiger partial charge in [0, 0.05) is 12.5 Å². The molecule has 4 rings (SSSR count). The van der Waals surface area contributed by atoms with Gasteiger partial charge < -0.3 is 14.8 Å². The Morgan fingerprint density at radius 2 is 1.76 bits per heavy atom. The summed E-state index contributed by atoms with van der Waals surface area (Å²) in [6.07, 6.45) is 1.41. The van der Waals surface area contributed by atoms with Crippen LogP contribution in [0, 0.1) is 0 Å². The summed E-state index contributed by atoms with van der Waals surface area (Å²) >= 11 is 0. The minimum absolute atomic E-state index is 0.0712. The third kappa shape index (κ3) is 4.49. The first-order valence-electron chi connectivity index (χ1n) is 10.0. The number of nitrogens with one attached hydrogen (secondary N) is 1. The van der Waals surface area contributed by atoms with E-state index in [1.165, 1.54) is 0 Å². The molecule has 3 aromatic carbocycles. The van der Waals surface area contributed by atoms with E-state index in [1.54, 1.807) is 0 Å². The monoisotopic (exact) mass is 387 g/mol. The van der Waals surface area contributed by atoms with Crippen molar-refractivity contribution in [3.63, 3.8) is 0 Å². The average Bonchev–Trinajstić information content (AvgIpc) is 2.77. The van der Waals surface area contributed by atoms with Crippen LogP contribution in [0.1, 0.15) is 35.1 Å². The molecule has 0 bridgehead atoms. The first-order valence-corrected chi connectivity index (χ1v) is 10.0. The highest BCUT2D eigenvalue weighted by Gasteiger charge is 2.30. The van der Waals surface area contributed by atoms with Gasteiger partial charge in [-0.1, -0.05) is 66.7 Å². The van der Waals surface area contributed by atoms with Crippen LogP contribution in [0.15, 0.2) is 78.9 Å². The van der Waals surface area contributed by atoms with Gasteiger partial charge in [0.15, 0.2) is 0 Å². The van der Waals surface area contributed by atoms with Crippen molar-refractivity contribution in [2.75, 3.05) is 13.6 Å². The zero-order valence-electron chi connectivity index (χ0n) is 16.5. The maximum atomic E-state index is 12.6. The van der Waals surface area contributed by atoms with E-state index in [2.05, 4.69) is 17.4 Å². The van der Waals surface area contributed by atoms with E-state index in [9.17, 15) is 4.79 Å². The Kier molecular flexibility index (Phi) is 5.92. The van der Waals surface area contributed by atoms with Crippen LogP contribution < -0.4 is 14.8 Å². The number of rotatable bonds is 7. The fourth-order valence-electron chi connectivity index (χ4n) is 3.69. The van der Waals surface area contributed by atoms with E-state index >= 15 is 0 Å². The lowest BCUT2D eigenvalue weighted by Crippen LogP contribution is -2.26. The molecule has 0 aliphatic carbocycles. The number of carbonyl (C=O) groups is 1. The highest BCUT2D eigenvalue weighted by molar-refractivity contribution is 5.83. The van der Waals surface area contributed by atoms with Crippen LogP contribution in [0.4, 0.5) is 0 Å². The van der Waals surface area contributed by atoms with Crippen LogP contribution in [0.3, 0.4) is 0 Å². The molecule has 0 radical (unpaired) electrons. The number of ether oxygens (including phenoxy) is 2. The number of hydrogen-bond acceptors (Lipinski definition) is 4. The molecule has 1 aliphatic heterocycles. The number of carbonyl (C=O) groups excluding carboxylic acids is 1. The number of fused-ring (bicyclic) bond motifs is 1. The van der Waals surface area contributed by atoms with Gasteiger partial charge in [-0.3, -0.25) is 4.79 Å². The molecule has 2 unspecified atom stereocenters. The second kappa shape index (κ2) is 8.93. The summed E-state index contributed by atoms with van der Waals surface area (Å²) in [5, 5.41) is 3.18. The fraction of sp³-hybridized carbons (Fsp3) is 0.240. The van der Waals surface area contributed by atoms with Crippen molar-refractivity contribution in [1.29, 1.82) is 0 Å². The van der Waals surface area contributed by atoms with Crippen molar-refractivity contribution in [1.82, 2.24) is 5.32 Å². The van der Waals surface area contributed by atoms with Crippen molar-refractivity contribution in [3.8, 4) is 11.5 Å². The molecule has 1 aliphatic rings. The maximum absolute atomic E-state index is 12.6. The molecule has 148 valence electrons. The molecule has 3 aromatic rings. The van der Waals surface area contributed by atoms with Crippen molar-refractivity contribution in [2.45, 2.75) is 24.9 Å². The van der Waals surface area contributed by atoms with E-state index in [1.807, 2.05) is 73.8 Å². The molecule has 29 heavy (non-hydrogen) atoms. The Balaban J connectivity index is 1.54. The Hall–Kier alpha value is -3.11. The molecule has 4 heteroatoms.